The second kappa shape index (κ2) is 5.67. The number of hydrogen-bond donors (Lipinski definition) is 0. The summed E-state index contributed by atoms with van der Waals surface area (Å²) >= 11 is 0. The smallest absolute Gasteiger partial charge is 0.419 e. The molecule has 5 nitrogen and oxygen atoms in total. The van der Waals surface area contributed by atoms with Crippen LogP contribution in [-0.4, -0.2) is 29.3 Å². The Labute approximate surface area is 129 Å². The zero-order valence-electron chi connectivity index (χ0n) is 13.2. The Balaban J connectivity index is 2.56. The number of fused-ring (bicyclic) bond motifs is 1. The molecule has 0 bridgehead atoms. The molecular formula is C17H19NO4. The minimum atomic E-state index is -0.589. The number of nitrogens with zero attached hydrogens (tertiary/aromatic N) is 1. The summed E-state index contributed by atoms with van der Waals surface area (Å²) in [6.45, 7) is 9.16. The topological polar surface area (TPSA) is 57.5 Å². The number of rotatable bonds is 2. The van der Waals surface area contributed by atoms with E-state index in [4.69, 9.17) is 9.47 Å². The van der Waals surface area contributed by atoms with Crippen molar-refractivity contribution in [3.63, 3.8) is 0 Å². The minimum absolute atomic E-state index is 0.417. The van der Waals surface area contributed by atoms with E-state index in [0.29, 0.717) is 11.1 Å². The van der Waals surface area contributed by atoms with Crippen molar-refractivity contribution >= 4 is 29.0 Å². The highest BCUT2D eigenvalue weighted by atomic mass is 16.6. The maximum atomic E-state index is 12.3. The van der Waals surface area contributed by atoms with Crippen LogP contribution in [0, 0.1) is 0 Å². The van der Waals surface area contributed by atoms with E-state index in [1.165, 1.54) is 11.7 Å². The molecule has 0 aliphatic carbocycles. The van der Waals surface area contributed by atoms with E-state index in [2.05, 4.69) is 6.58 Å². The summed E-state index contributed by atoms with van der Waals surface area (Å²) in [5, 5.41) is 0.740. The molecule has 0 spiro atoms. The van der Waals surface area contributed by atoms with Crippen LogP contribution >= 0.6 is 0 Å². The van der Waals surface area contributed by atoms with Crippen LogP contribution in [0.15, 0.2) is 31.0 Å². The van der Waals surface area contributed by atoms with E-state index in [0.717, 1.165) is 10.9 Å². The molecule has 0 saturated heterocycles. The molecule has 0 saturated carbocycles. The number of carbonyl (C=O) groups excluding carboxylic acids is 2. The van der Waals surface area contributed by atoms with Gasteiger partial charge < -0.3 is 9.47 Å². The number of carbonyl (C=O) groups is 2. The quantitative estimate of drug-likeness (QED) is 0.790. The Kier molecular flexibility index (Phi) is 4.08. The van der Waals surface area contributed by atoms with Crippen LogP contribution in [-0.2, 0) is 9.47 Å². The van der Waals surface area contributed by atoms with Crippen molar-refractivity contribution in [3.8, 4) is 0 Å². The number of ether oxygens (including phenoxy) is 2. The number of esters is 1. The van der Waals surface area contributed by atoms with Crippen molar-refractivity contribution in [1.29, 1.82) is 0 Å². The average molecular weight is 301 g/mol. The van der Waals surface area contributed by atoms with Gasteiger partial charge in [-0.25, -0.2) is 9.59 Å². The van der Waals surface area contributed by atoms with Gasteiger partial charge in [-0.3, -0.25) is 4.57 Å². The normalized spacial score (nSPS) is 11.3. The molecule has 0 atom stereocenters. The molecule has 22 heavy (non-hydrogen) atoms. The maximum Gasteiger partial charge on any atom is 0.419 e. The second-order valence-corrected chi connectivity index (χ2v) is 5.86. The van der Waals surface area contributed by atoms with E-state index in [9.17, 15) is 9.59 Å². The molecule has 0 aliphatic rings. The summed E-state index contributed by atoms with van der Waals surface area (Å²) in [4.78, 5) is 23.9. The first-order valence-electron chi connectivity index (χ1n) is 6.86. The second-order valence-electron chi connectivity index (χ2n) is 5.86. The standard InChI is InChI=1S/C17H19NO4/c1-6-11-10-18(16(20)22-17(2,3)4)14-8-7-12(9-13(11)14)15(19)21-5/h6-10H,1H2,2-5H3. The zero-order chi connectivity index (χ0) is 16.5. The average Bonchev–Trinajstić information content (AvgIpc) is 2.82. The largest absolute Gasteiger partial charge is 0.465 e. The first-order valence-corrected chi connectivity index (χ1v) is 6.86. The van der Waals surface area contributed by atoms with Crippen molar-refractivity contribution in [2.24, 2.45) is 0 Å². The lowest BCUT2D eigenvalue weighted by atomic mass is 10.1. The van der Waals surface area contributed by atoms with Gasteiger partial charge in [-0.2, -0.15) is 0 Å². The van der Waals surface area contributed by atoms with Gasteiger partial charge in [0.15, 0.2) is 0 Å². The Hall–Kier alpha value is -2.56. The van der Waals surface area contributed by atoms with Crippen LogP contribution in [0.2, 0.25) is 0 Å². The molecule has 1 aromatic heterocycles. The van der Waals surface area contributed by atoms with E-state index >= 15 is 0 Å². The molecule has 2 aromatic rings. The highest BCUT2D eigenvalue weighted by Gasteiger charge is 2.21. The molecule has 0 N–H and O–H groups in total. The van der Waals surface area contributed by atoms with Crippen molar-refractivity contribution in [3.05, 3.63) is 42.1 Å². The highest BCUT2D eigenvalue weighted by Crippen LogP contribution is 2.25. The van der Waals surface area contributed by atoms with Gasteiger partial charge in [0, 0.05) is 17.1 Å². The maximum absolute atomic E-state index is 12.3. The van der Waals surface area contributed by atoms with Crippen LogP contribution < -0.4 is 0 Å². The SMILES string of the molecule is C=Cc1cn(C(=O)OC(C)(C)C)c2ccc(C(=O)OC)cc12. The number of methoxy groups -OCH3 is 1. The summed E-state index contributed by atoms with van der Waals surface area (Å²) in [7, 11) is 1.33. The zero-order valence-corrected chi connectivity index (χ0v) is 13.2. The van der Waals surface area contributed by atoms with E-state index in [1.54, 1.807) is 51.2 Å². The lowest BCUT2D eigenvalue weighted by molar-refractivity contribution is 0.0543. The van der Waals surface area contributed by atoms with Crippen molar-refractivity contribution in [1.82, 2.24) is 4.57 Å². The van der Waals surface area contributed by atoms with Gasteiger partial charge in [-0.15, -0.1) is 0 Å². The Morgan fingerprint density at radius 2 is 1.95 bits per heavy atom. The molecule has 116 valence electrons. The number of aromatic nitrogens is 1. The Bertz CT molecular complexity index is 750. The molecule has 0 amide bonds. The molecule has 1 heterocycles. The fraction of sp³-hybridized carbons (Fsp3) is 0.294. The number of hydrogen-bond acceptors (Lipinski definition) is 4. The van der Waals surface area contributed by atoms with Gasteiger partial charge in [0.1, 0.15) is 5.60 Å². The third kappa shape index (κ3) is 3.03. The van der Waals surface area contributed by atoms with E-state index in [-0.39, 0.29) is 0 Å². The first kappa shape index (κ1) is 15.8. The summed E-state index contributed by atoms with van der Waals surface area (Å²) < 4.78 is 11.5. The van der Waals surface area contributed by atoms with E-state index in [1.807, 2.05) is 0 Å². The van der Waals surface area contributed by atoms with Gasteiger partial charge in [0.05, 0.1) is 18.2 Å². The van der Waals surface area contributed by atoms with E-state index < -0.39 is 17.7 Å². The molecule has 0 fully saturated rings. The Morgan fingerprint density at radius 3 is 2.50 bits per heavy atom. The minimum Gasteiger partial charge on any atom is -0.465 e. The van der Waals surface area contributed by atoms with Crippen molar-refractivity contribution < 1.29 is 19.1 Å². The lowest BCUT2D eigenvalue weighted by Gasteiger charge is -2.19. The molecule has 1 aromatic carbocycles. The summed E-state index contributed by atoms with van der Waals surface area (Å²) in [6.07, 6.45) is 2.80. The molecule has 0 aliphatic heterocycles. The summed E-state index contributed by atoms with van der Waals surface area (Å²) in [5.41, 5.74) is 1.22. The first-order chi connectivity index (χ1) is 10.3. The van der Waals surface area contributed by atoms with Crippen LogP contribution in [0.1, 0.15) is 36.7 Å². The van der Waals surface area contributed by atoms with Crippen LogP contribution in [0.3, 0.4) is 0 Å². The lowest BCUT2D eigenvalue weighted by Crippen LogP contribution is -2.26. The molecule has 2 rings (SSSR count). The monoisotopic (exact) mass is 301 g/mol. The Morgan fingerprint density at radius 1 is 1.27 bits per heavy atom. The van der Waals surface area contributed by atoms with Gasteiger partial charge >= 0.3 is 12.1 Å². The summed E-state index contributed by atoms with van der Waals surface area (Å²) in [6, 6.07) is 4.99. The molecular weight excluding hydrogens is 282 g/mol. The third-order valence-corrected chi connectivity index (χ3v) is 3.07. The van der Waals surface area contributed by atoms with Crippen molar-refractivity contribution in [2.75, 3.05) is 7.11 Å². The molecule has 0 radical (unpaired) electrons. The van der Waals surface area contributed by atoms with Crippen LogP contribution in [0.5, 0.6) is 0 Å². The molecule has 5 heteroatoms. The van der Waals surface area contributed by atoms with Gasteiger partial charge in [-0.1, -0.05) is 12.7 Å². The fourth-order valence-corrected chi connectivity index (χ4v) is 2.13. The fourth-order valence-electron chi connectivity index (χ4n) is 2.13. The van der Waals surface area contributed by atoms with Gasteiger partial charge in [0.25, 0.3) is 0 Å². The van der Waals surface area contributed by atoms with Crippen LogP contribution in [0.25, 0.3) is 17.0 Å². The predicted molar refractivity (Wildman–Crippen MR) is 85.0 cm³/mol. The van der Waals surface area contributed by atoms with Crippen molar-refractivity contribution in [2.45, 2.75) is 26.4 Å². The molecule has 0 unspecified atom stereocenters. The van der Waals surface area contributed by atoms with Crippen LogP contribution in [0.4, 0.5) is 4.79 Å². The number of benzene rings is 1. The predicted octanol–water partition coefficient (Wildman–Crippen LogP) is 3.85. The van der Waals surface area contributed by atoms with Gasteiger partial charge in [0.2, 0.25) is 0 Å². The third-order valence-electron chi connectivity index (χ3n) is 3.07. The highest BCUT2D eigenvalue weighted by molar-refractivity contribution is 6.00. The summed E-state index contributed by atoms with van der Waals surface area (Å²) in [5.74, 6) is -0.429. The van der Waals surface area contributed by atoms with Gasteiger partial charge in [-0.05, 0) is 39.0 Å².